The highest BCUT2D eigenvalue weighted by Crippen LogP contribution is 2.23. The van der Waals surface area contributed by atoms with E-state index >= 15 is 0 Å². The number of carbonyl (C=O) groups excluding carboxylic acids is 3. The lowest BCUT2D eigenvalue weighted by Crippen LogP contribution is -2.54. The Hall–Kier alpha value is -3.41. The summed E-state index contributed by atoms with van der Waals surface area (Å²) in [4.78, 5) is 37.6. The minimum atomic E-state index is -0.758. The highest BCUT2D eigenvalue weighted by Gasteiger charge is 2.36. The molecule has 24 heavy (non-hydrogen) atoms. The molecule has 0 unspecified atom stereocenters. The lowest BCUT2D eigenvalue weighted by Gasteiger charge is -2.27. The Kier molecular flexibility index (Phi) is 4.11. The monoisotopic (exact) mass is 322 g/mol. The Morgan fingerprint density at radius 1 is 1.08 bits per heavy atom. The quantitative estimate of drug-likeness (QED) is 0.696. The predicted octanol–water partition coefficient (Wildman–Crippen LogP) is 2.81. The largest absolute Gasteiger partial charge is 0.465 e. The summed E-state index contributed by atoms with van der Waals surface area (Å²) in [5, 5.41) is 2.18. The summed E-state index contributed by atoms with van der Waals surface area (Å²) in [6.45, 7) is 1.78. The molecule has 1 N–H and O–H groups in total. The first kappa shape index (κ1) is 15.5. The molecule has 2 heterocycles. The number of rotatable bonds is 3. The average Bonchev–Trinajstić information content (AvgIpc) is 3.05. The number of barbiturate groups is 1. The molecule has 1 saturated heterocycles. The van der Waals surface area contributed by atoms with Crippen LogP contribution in [0.5, 0.6) is 0 Å². The number of allylic oxidation sites excluding steroid dienone is 2. The molecule has 1 aliphatic heterocycles. The van der Waals surface area contributed by atoms with Crippen LogP contribution < -0.4 is 10.2 Å². The molecule has 0 bridgehead atoms. The van der Waals surface area contributed by atoms with Crippen LogP contribution >= 0.6 is 0 Å². The van der Waals surface area contributed by atoms with Gasteiger partial charge in [-0.15, -0.1) is 0 Å². The van der Waals surface area contributed by atoms with Crippen molar-refractivity contribution in [2.24, 2.45) is 0 Å². The fourth-order valence-corrected chi connectivity index (χ4v) is 2.34. The summed E-state index contributed by atoms with van der Waals surface area (Å²) in [6.07, 6.45) is 6.02. The molecular weight excluding hydrogens is 308 g/mol. The summed E-state index contributed by atoms with van der Waals surface area (Å²) in [5.74, 6) is -0.802. The molecule has 3 rings (SSSR count). The van der Waals surface area contributed by atoms with Gasteiger partial charge < -0.3 is 4.42 Å². The molecule has 0 atom stereocenters. The molecule has 0 aliphatic carbocycles. The second-order valence-electron chi connectivity index (χ2n) is 5.14. The number of nitrogens with one attached hydrogen (secondary N) is 1. The Bertz CT molecular complexity index is 863. The van der Waals surface area contributed by atoms with Crippen molar-refractivity contribution < 1.29 is 18.8 Å². The number of aryl methyl sites for hydroxylation is 1. The number of para-hydroxylation sites is 1. The van der Waals surface area contributed by atoms with E-state index in [1.54, 1.807) is 49.4 Å². The summed E-state index contributed by atoms with van der Waals surface area (Å²) < 4.78 is 5.13. The number of imide groups is 2. The molecule has 1 fully saturated rings. The highest BCUT2D eigenvalue weighted by atomic mass is 16.3. The molecular formula is C18H14N2O4. The normalized spacial score (nSPS) is 17.0. The Morgan fingerprint density at radius 2 is 1.88 bits per heavy atom. The van der Waals surface area contributed by atoms with Gasteiger partial charge in [-0.2, -0.15) is 0 Å². The maximum atomic E-state index is 12.6. The number of nitrogens with zero attached hydrogens (tertiary/aromatic N) is 1. The number of benzene rings is 1. The van der Waals surface area contributed by atoms with Gasteiger partial charge in [-0.1, -0.05) is 24.3 Å². The third-order valence-corrected chi connectivity index (χ3v) is 3.52. The van der Waals surface area contributed by atoms with Gasteiger partial charge in [-0.3, -0.25) is 14.9 Å². The van der Waals surface area contributed by atoms with Gasteiger partial charge in [0.2, 0.25) is 0 Å². The Morgan fingerprint density at radius 3 is 2.58 bits per heavy atom. The third-order valence-electron chi connectivity index (χ3n) is 3.52. The van der Waals surface area contributed by atoms with Crippen molar-refractivity contribution in [2.45, 2.75) is 6.92 Å². The van der Waals surface area contributed by atoms with E-state index in [0.29, 0.717) is 11.4 Å². The zero-order valence-corrected chi connectivity index (χ0v) is 12.9. The Labute approximate surface area is 138 Å². The summed E-state index contributed by atoms with van der Waals surface area (Å²) >= 11 is 0. The van der Waals surface area contributed by atoms with Gasteiger partial charge in [-0.25, -0.2) is 9.69 Å². The topological polar surface area (TPSA) is 79.6 Å². The first-order valence-electron chi connectivity index (χ1n) is 7.25. The smallest absolute Gasteiger partial charge is 0.335 e. The van der Waals surface area contributed by atoms with E-state index in [-0.39, 0.29) is 5.57 Å². The van der Waals surface area contributed by atoms with Crippen molar-refractivity contribution in [3.8, 4) is 0 Å². The molecule has 1 aliphatic rings. The fourth-order valence-electron chi connectivity index (χ4n) is 2.34. The molecule has 120 valence electrons. The van der Waals surface area contributed by atoms with Crippen LogP contribution in [-0.2, 0) is 9.59 Å². The van der Waals surface area contributed by atoms with Crippen LogP contribution in [0, 0.1) is 6.92 Å². The second-order valence-corrected chi connectivity index (χ2v) is 5.14. The molecule has 6 nitrogen and oxygen atoms in total. The molecule has 1 aromatic heterocycles. The van der Waals surface area contributed by atoms with Crippen molar-refractivity contribution in [1.82, 2.24) is 5.32 Å². The maximum absolute atomic E-state index is 12.6. The van der Waals surface area contributed by atoms with Crippen LogP contribution in [0.15, 0.2) is 64.8 Å². The van der Waals surface area contributed by atoms with Crippen LogP contribution in [0.2, 0.25) is 0 Å². The zero-order chi connectivity index (χ0) is 17.1. The number of hydrogen-bond acceptors (Lipinski definition) is 4. The molecule has 0 spiro atoms. The molecule has 4 amide bonds. The van der Waals surface area contributed by atoms with Crippen molar-refractivity contribution in [2.75, 3.05) is 4.90 Å². The maximum Gasteiger partial charge on any atom is 0.335 e. The van der Waals surface area contributed by atoms with E-state index in [2.05, 4.69) is 5.32 Å². The van der Waals surface area contributed by atoms with Crippen molar-refractivity contribution in [3.63, 3.8) is 0 Å². The van der Waals surface area contributed by atoms with Crippen LogP contribution in [0.1, 0.15) is 11.3 Å². The van der Waals surface area contributed by atoms with Crippen LogP contribution in [0.4, 0.5) is 10.5 Å². The lowest BCUT2D eigenvalue weighted by atomic mass is 10.1. The molecule has 1 aromatic carbocycles. The van der Waals surface area contributed by atoms with E-state index in [1.165, 1.54) is 18.4 Å². The van der Waals surface area contributed by atoms with E-state index in [4.69, 9.17) is 4.42 Å². The molecule has 2 aromatic rings. The van der Waals surface area contributed by atoms with Crippen molar-refractivity contribution in [3.05, 3.63) is 71.7 Å². The van der Waals surface area contributed by atoms with E-state index in [9.17, 15) is 14.4 Å². The first-order valence-corrected chi connectivity index (χ1v) is 7.25. The van der Waals surface area contributed by atoms with Crippen LogP contribution in [-0.4, -0.2) is 17.8 Å². The average molecular weight is 322 g/mol. The van der Waals surface area contributed by atoms with Gasteiger partial charge in [0.25, 0.3) is 11.8 Å². The van der Waals surface area contributed by atoms with E-state index in [0.717, 1.165) is 10.5 Å². The van der Waals surface area contributed by atoms with E-state index < -0.39 is 17.8 Å². The van der Waals surface area contributed by atoms with Gasteiger partial charge in [-0.05, 0) is 42.8 Å². The van der Waals surface area contributed by atoms with Gasteiger partial charge in [0.15, 0.2) is 0 Å². The number of carbonyl (C=O) groups is 3. The third kappa shape index (κ3) is 2.89. The van der Waals surface area contributed by atoms with Crippen LogP contribution in [0.3, 0.4) is 0 Å². The summed E-state index contributed by atoms with van der Waals surface area (Å²) in [5.41, 5.74) is 1.06. The van der Waals surface area contributed by atoms with Crippen molar-refractivity contribution >= 4 is 29.6 Å². The minimum absolute atomic E-state index is 0.124. The first-order chi connectivity index (χ1) is 11.6. The standard InChI is InChI=1S/C18H14N2O4/c1-12-6-2-3-10-15(12)20-17(22)14(16(21)19-18(20)23)9-4-7-13-8-5-11-24-13/h2-11H,1H3,(H,19,21,23). The number of anilines is 1. The number of furan rings is 1. The molecule has 0 saturated carbocycles. The SMILES string of the molecule is Cc1ccccc1N1C(=O)NC(=O)C(=CC=Cc2ccco2)C1=O. The number of amides is 4. The predicted molar refractivity (Wildman–Crippen MR) is 88.0 cm³/mol. The van der Waals surface area contributed by atoms with Crippen LogP contribution in [0.25, 0.3) is 6.08 Å². The summed E-state index contributed by atoms with van der Waals surface area (Å²) in [6, 6.07) is 9.67. The number of hydrogen-bond donors (Lipinski definition) is 1. The number of urea groups is 1. The Balaban J connectivity index is 1.93. The highest BCUT2D eigenvalue weighted by molar-refractivity contribution is 6.37. The molecule has 0 radical (unpaired) electrons. The van der Waals surface area contributed by atoms with Gasteiger partial charge >= 0.3 is 6.03 Å². The van der Waals surface area contributed by atoms with Gasteiger partial charge in [0.05, 0.1) is 12.0 Å². The van der Waals surface area contributed by atoms with Crippen molar-refractivity contribution in [1.29, 1.82) is 0 Å². The zero-order valence-electron chi connectivity index (χ0n) is 12.9. The minimum Gasteiger partial charge on any atom is -0.465 e. The lowest BCUT2D eigenvalue weighted by molar-refractivity contribution is -0.122. The van der Waals surface area contributed by atoms with E-state index in [1.807, 2.05) is 0 Å². The fraction of sp³-hybridized carbons (Fsp3) is 0.0556. The van der Waals surface area contributed by atoms with Gasteiger partial charge in [0, 0.05) is 0 Å². The molecule has 6 heteroatoms. The second kappa shape index (κ2) is 6.37. The summed E-state index contributed by atoms with van der Waals surface area (Å²) in [7, 11) is 0. The van der Waals surface area contributed by atoms with Gasteiger partial charge in [0.1, 0.15) is 11.3 Å².